The van der Waals surface area contributed by atoms with Crippen LogP contribution in [0.3, 0.4) is 0 Å². The van der Waals surface area contributed by atoms with Gasteiger partial charge in [0, 0.05) is 9.79 Å². The van der Waals surface area contributed by atoms with Gasteiger partial charge in [0.2, 0.25) is 6.41 Å². The van der Waals surface area contributed by atoms with Crippen LogP contribution in [0.15, 0.2) is 101 Å². The summed E-state index contributed by atoms with van der Waals surface area (Å²) >= 11 is 1.40. The molecule has 0 aromatic heterocycles. The minimum absolute atomic E-state index is 0.221. The highest BCUT2D eigenvalue weighted by Gasteiger charge is 2.21. The molecule has 1 aliphatic heterocycles. The molecule has 0 bridgehead atoms. The van der Waals surface area contributed by atoms with Crippen LogP contribution in [-0.2, 0) is 4.79 Å². The van der Waals surface area contributed by atoms with Gasteiger partial charge in [0.1, 0.15) is 5.82 Å². The number of hydrogen-bond acceptors (Lipinski definition) is 3. The van der Waals surface area contributed by atoms with Crippen molar-refractivity contribution in [1.29, 1.82) is 0 Å². The number of benzene rings is 4. The lowest BCUT2D eigenvalue weighted by atomic mass is 9.99. The van der Waals surface area contributed by atoms with E-state index in [-0.39, 0.29) is 18.1 Å². The van der Waals surface area contributed by atoms with E-state index in [1.54, 1.807) is 0 Å². The Hall–Kier alpha value is -3.90. The average Bonchev–Trinajstić information content (AvgIpc) is 2.95. The normalized spacial score (nSPS) is 11.7. The number of rotatable bonds is 2. The van der Waals surface area contributed by atoms with Gasteiger partial charge in [0.15, 0.2) is 0 Å². The van der Waals surface area contributed by atoms with Crippen LogP contribution in [-0.4, -0.2) is 12.3 Å². The summed E-state index contributed by atoms with van der Waals surface area (Å²) in [6.07, 6.45) is 0.250. The number of nitrogens with one attached hydrogen (secondary N) is 1. The van der Waals surface area contributed by atoms with Gasteiger partial charge in [0.25, 0.3) is 5.91 Å². The van der Waals surface area contributed by atoms with Crippen LogP contribution in [0.2, 0.25) is 0 Å². The fourth-order valence-corrected chi connectivity index (χ4v) is 4.52. The Morgan fingerprint density at radius 1 is 0.750 bits per heavy atom. The summed E-state index contributed by atoms with van der Waals surface area (Å²) in [6.45, 7) is 0. The summed E-state index contributed by atoms with van der Waals surface area (Å²) in [4.78, 5) is 22.7. The molecule has 5 rings (SSSR count). The molecule has 0 saturated carbocycles. The molecule has 4 aromatic carbocycles. The molecule has 0 radical (unpaired) electrons. The largest absolute Gasteiger partial charge is 0.372 e. The highest BCUT2D eigenvalue weighted by atomic mass is 32.2. The first-order chi connectivity index (χ1) is 15.6. The predicted octanol–water partition coefficient (Wildman–Crippen LogP) is 5.98. The number of nitrogens with two attached hydrogens (primary N) is 1. The Morgan fingerprint density at radius 3 is 2.16 bits per heavy atom. The van der Waals surface area contributed by atoms with Crippen molar-refractivity contribution < 1.29 is 14.0 Å². The van der Waals surface area contributed by atoms with E-state index >= 15 is 0 Å². The van der Waals surface area contributed by atoms with Crippen molar-refractivity contribution in [3.05, 3.63) is 102 Å². The molecule has 6 heteroatoms. The second-order valence-corrected chi connectivity index (χ2v) is 8.07. The summed E-state index contributed by atoms with van der Waals surface area (Å²) in [5, 5.41) is 2.97. The summed E-state index contributed by atoms with van der Waals surface area (Å²) < 4.78 is 13.6. The Labute approximate surface area is 189 Å². The van der Waals surface area contributed by atoms with Gasteiger partial charge >= 0.3 is 0 Å². The molecule has 1 aliphatic rings. The third kappa shape index (κ3) is 4.55. The third-order valence-corrected chi connectivity index (χ3v) is 6.07. The number of primary amides is 1. The highest BCUT2D eigenvalue weighted by Crippen LogP contribution is 2.41. The first-order valence-corrected chi connectivity index (χ1v) is 10.6. The second-order valence-electron chi connectivity index (χ2n) is 6.99. The lowest BCUT2D eigenvalue weighted by molar-refractivity contribution is -0.106. The van der Waals surface area contributed by atoms with Crippen LogP contribution in [0.1, 0.15) is 10.4 Å². The molecule has 0 spiro atoms. The zero-order valence-corrected chi connectivity index (χ0v) is 17.7. The molecule has 3 N–H and O–H groups in total. The van der Waals surface area contributed by atoms with E-state index in [2.05, 4.69) is 41.4 Å². The number of carbonyl (C=O) groups excluding carboxylic acids is 2. The average molecular weight is 443 g/mol. The van der Waals surface area contributed by atoms with Gasteiger partial charge in [-0.1, -0.05) is 66.4 Å². The lowest BCUT2D eigenvalue weighted by Gasteiger charge is -2.10. The van der Waals surface area contributed by atoms with Crippen molar-refractivity contribution in [2.75, 3.05) is 5.32 Å². The summed E-state index contributed by atoms with van der Waals surface area (Å²) in [5.74, 6) is -0.566. The molecule has 0 aliphatic carbocycles. The Morgan fingerprint density at radius 2 is 1.41 bits per heavy atom. The van der Waals surface area contributed by atoms with E-state index in [1.807, 2.05) is 42.5 Å². The van der Waals surface area contributed by atoms with Gasteiger partial charge in [-0.15, -0.1) is 0 Å². The maximum atomic E-state index is 13.6. The van der Waals surface area contributed by atoms with Crippen molar-refractivity contribution in [2.24, 2.45) is 5.73 Å². The van der Waals surface area contributed by atoms with Crippen LogP contribution in [0, 0.1) is 5.82 Å². The van der Waals surface area contributed by atoms with Crippen LogP contribution >= 0.6 is 11.8 Å². The minimum Gasteiger partial charge on any atom is -0.372 e. The van der Waals surface area contributed by atoms with Crippen molar-refractivity contribution in [2.45, 2.75) is 9.79 Å². The Balaban J connectivity index is 0.000000775. The van der Waals surface area contributed by atoms with Crippen LogP contribution in [0.4, 0.5) is 10.1 Å². The van der Waals surface area contributed by atoms with E-state index < -0.39 is 0 Å². The monoisotopic (exact) mass is 442 g/mol. The van der Waals surface area contributed by atoms with E-state index in [9.17, 15) is 9.18 Å². The fourth-order valence-electron chi connectivity index (χ4n) is 3.48. The summed E-state index contributed by atoms with van der Waals surface area (Å²) in [7, 11) is 0. The van der Waals surface area contributed by atoms with E-state index in [0.29, 0.717) is 10.5 Å². The van der Waals surface area contributed by atoms with Gasteiger partial charge in [-0.25, -0.2) is 4.39 Å². The van der Waals surface area contributed by atoms with Crippen molar-refractivity contribution in [1.82, 2.24) is 0 Å². The number of halogens is 1. The smallest absolute Gasteiger partial charge is 0.256 e. The van der Waals surface area contributed by atoms with E-state index in [1.165, 1.54) is 30.0 Å². The quantitative estimate of drug-likeness (QED) is 0.375. The molecule has 0 saturated heterocycles. The van der Waals surface area contributed by atoms with Crippen molar-refractivity contribution in [3.63, 3.8) is 0 Å². The van der Waals surface area contributed by atoms with E-state index in [4.69, 9.17) is 4.79 Å². The maximum Gasteiger partial charge on any atom is 0.256 e. The first kappa shape index (κ1) is 21.3. The number of amides is 2. The van der Waals surface area contributed by atoms with Gasteiger partial charge < -0.3 is 11.1 Å². The van der Waals surface area contributed by atoms with Crippen molar-refractivity contribution >= 4 is 29.8 Å². The molecular weight excluding hydrogens is 423 g/mol. The van der Waals surface area contributed by atoms with Gasteiger partial charge in [-0.3, -0.25) is 9.59 Å². The Bertz CT molecular complexity index is 1290. The topological polar surface area (TPSA) is 72.2 Å². The van der Waals surface area contributed by atoms with Gasteiger partial charge in [-0.05, 0) is 58.7 Å². The molecule has 0 fully saturated rings. The second kappa shape index (κ2) is 9.49. The maximum absolute atomic E-state index is 13.6. The summed E-state index contributed by atoms with van der Waals surface area (Å²) in [5.41, 5.74) is 9.77. The Kier molecular flexibility index (Phi) is 6.33. The van der Waals surface area contributed by atoms with Crippen molar-refractivity contribution in [3.8, 4) is 22.3 Å². The minimum atomic E-state index is -0.346. The lowest BCUT2D eigenvalue weighted by Crippen LogP contribution is -2.11. The molecule has 158 valence electrons. The third-order valence-electron chi connectivity index (χ3n) is 4.94. The van der Waals surface area contributed by atoms with E-state index in [0.717, 1.165) is 32.8 Å². The van der Waals surface area contributed by atoms with Crippen LogP contribution < -0.4 is 11.1 Å². The van der Waals surface area contributed by atoms with Gasteiger partial charge in [0.05, 0.1) is 11.3 Å². The number of carbonyl (C=O) groups is 2. The molecular formula is C26H19FN2O2S. The predicted molar refractivity (Wildman–Crippen MR) is 126 cm³/mol. The fraction of sp³-hybridized carbons (Fsp3) is 0. The molecule has 4 aromatic rings. The number of fused-ring (bicyclic) bond motifs is 2. The molecule has 2 amide bonds. The number of hydrogen-bond donors (Lipinski definition) is 2. The highest BCUT2D eigenvalue weighted by molar-refractivity contribution is 7.99. The molecule has 1 heterocycles. The van der Waals surface area contributed by atoms with Crippen LogP contribution in [0.25, 0.3) is 22.3 Å². The standard InChI is InChI=1S/C25H16FNOS.CH3NO/c26-20-10-11-21-24(15-20)29-23-12-9-19(14-22(23)27-25(21)28)18-8-4-7-17(13-18)16-5-2-1-3-6-16;2-1-3/h1-15H,(H,27,28);1H,(H2,2,3). The molecule has 0 unspecified atom stereocenters. The first-order valence-electron chi connectivity index (χ1n) is 9.83. The van der Waals surface area contributed by atoms with Gasteiger partial charge in [-0.2, -0.15) is 0 Å². The molecule has 4 nitrogen and oxygen atoms in total. The number of anilines is 1. The molecule has 32 heavy (non-hydrogen) atoms. The zero-order chi connectivity index (χ0) is 22.5. The van der Waals surface area contributed by atoms with Crippen LogP contribution in [0.5, 0.6) is 0 Å². The molecule has 0 atom stereocenters. The SMILES string of the molecule is NC=O.O=C1Nc2cc(-c3cccc(-c4ccccc4)c3)ccc2Sc2cc(F)ccc21. The zero-order valence-electron chi connectivity index (χ0n) is 16.9. The summed E-state index contributed by atoms with van der Waals surface area (Å²) in [6, 6.07) is 28.8.